The molecule has 21 heavy (non-hydrogen) atoms. The molecule has 2 aromatic rings. The highest BCUT2D eigenvalue weighted by Gasteiger charge is 2.36. The van der Waals surface area contributed by atoms with Crippen LogP contribution in [-0.2, 0) is 11.3 Å². The Kier molecular flexibility index (Phi) is 3.13. The molecule has 3 nitrogen and oxygen atoms in total. The summed E-state index contributed by atoms with van der Waals surface area (Å²) < 4.78 is 0. The lowest BCUT2D eigenvalue weighted by Crippen LogP contribution is -2.29. The van der Waals surface area contributed by atoms with Gasteiger partial charge in [-0.1, -0.05) is 35.9 Å². The quantitative estimate of drug-likeness (QED) is 0.791. The lowest BCUT2D eigenvalue weighted by atomic mass is 10.0. The number of benzene rings is 2. The Labute approximate surface area is 124 Å². The Morgan fingerprint density at radius 1 is 0.905 bits per heavy atom. The van der Waals surface area contributed by atoms with Gasteiger partial charge in [-0.3, -0.25) is 9.59 Å². The maximum absolute atomic E-state index is 12.3. The van der Waals surface area contributed by atoms with E-state index in [9.17, 15) is 9.59 Å². The van der Waals surface area contributed by atoms with Crippen LogP contribution in [0.5, 0.6) is 0 Å². The van der Waals surface area contributed by atoms with Gasteiger partial charge in [-0.05, 0) is 43.5 Å². The van der Waals surface area contributed by atoms with Crippen LogP contribution in [0.25, 0.3) is 0 Å². The van der Waals surface area contributed by atoms with E-state index in [4.69, 9.17) is 0 Å². The van der Waals surface area contributed by atoms with Crippen molar-refractivity contribution in [3.05, 3.63) is 64.2 Å². The van der Waals surface area contributed by atoms with E-state index in [-0.39, 0.29) is 0 Å². The topological polar surface area (TPSA) is 37.4 Å². The largest absolute Gasteiger partial charge is 0.300 e. The molecule has 0 unspecified atom stereocenters. The van der Waals surface area contributed by atoms with Crippen molar-refractivity contribution < 1.29 is 9.59 Å². The van der Waals surface area contributed by atoms with Gasteiger partial charge in [-0.2, -0.15) is 0 Å². The predicted octanol–water partition coefficient (Wildman–Crippen LogP) is 3.34. The van der Waals surface area contributed by atoms with Gasteiger partial charge < -0.3 is 4.90 Å². The molecule has 0 atom stereocenters. The van der Waals surface area contributed by atoms with Gasteiger partial charge in [-0.15, -0.1) is 0 Å². The van der Waals surface area contributed by atoms with Crippen molar-refractivity contribution in [3.63, 3.8) is 0 Å². The van der Waals surface area contributed by atoms with Crippen LogP contribution in [0, 0.1) is 20.8 Å². The summed E-state index contributed by atoms with van der Waals surface area (Å²) in [6.45, 7) is 6.34. The molecule has 0 aliphatic carbocycles. The zero-order valence-electron chi connectivity index (χ0n) is 12.4. The van der Waals surface area contributed by atoms with Crippen molar-refractivity contribution in [2.45, 2.75) is 27.3 Å². The molecule has 2 aromatic carbocycles. The molecule has 0 radical (unpaired) electrons. The average molecular weight is 279 g/mol. The summed E-state index contributed by atoms with van der Waals surface area (Å²) in [5.41, 5.74) is 5.46. The van der Waals surface area contributed by atoms with E-state index in [0.717, 1.165) is 22.4 Å². The van der Waals surface area contributed by atoms with Gasteiger partial charge in [0.05, 0.1) is 17.8 Å². The second-order valence-corrected chi connectivity index (χ2v) is 5.68. The summed E-state index contributed by atoms with van der Waals surface area (Å²) in [6, 6.07) is 11.8. The van der Waals surface area contributed by atoms with Gasteiger partial charge in [0.1, 0.15) is 0 Å². The van der Waals surface area contributed by atoms with E-state index >= 15 is 0 Å². The average Bonchev–Trinajstić information content (AvgIpc) is 2.67. The molecule has 0 saturated heterocycles. The second-order valence-electron chi connectivity index (χ2n) is 5.68. The van der Waals surface area contributed by atoms with Crippen LogP contribution in [0.1, 0.15) is 32.6 Å². The number of aryl methyl sites for hydroxylation is 3. The fraction of sp³-hybridized carbons (Fsp3) is 0.222. The van der Waals surface area contributed by atoms with Crippen molar-refractivity contribution in [2.75, 3.05) is 4.90 Å². The molecule has 1 aliphatic rings. The Bertz CT molecular complexity index is 745. The fourth-order valence-electron chi connectivity index (χ4n) is 2.86. The molecule has 0 bridgehead atoms. The number of hydrogen-bond donors (Lipinski definition) is 0. The summed E-state index contributed by atoms with van der Waals surface area (Å²) in [4.78, 5) is 26.0. The van der Waals surface area contributed by atoms with Crippen molar-refractivity contribution in [2.24, 2.45) is 0 Å². The van der Waals surface area contributed by atoms with E-state index in [1.165, 1.54) is 5.56 Å². The molecule has 1 aliphatic heterocycles. The van der Waals surface area contributed by atoms with Crippen LogP contribution < -0.4 is 4.90 Å². The Morgan fingerprint density at radius 2 is 1.57 bits per heavy atom. The second kappa shape index (κ2) is 4.85. The van der Waals surface area contributed by atoms with Crippen LogP contribution in [0.4, 0.5) is 5.69 Å². The molecular weight excluding hydrogens is 262 g/mol. The van der Waals surface area contributed by atoms with Crippen molar-refractivity contribution in [3.8, 4) is 0 Å². The van der Waals surface area contributed by atoms with Gasteiger partial charge in [0.15, 0.2) is 0 Å². The van der Waals surface area contributed by atoms with Crippen LogP contribution in [-0.4, -0.2) is 11.7 Å². The monoisotopic (exact) mass is 279 g/mol. The third-order valence-corrected chi connectivity index (χ3v) is 3.86. The Hall–Kier alpha value is -2.42. The zero-order chi connectivity index (χ0) is 15.1. The molecule has 0 aromatic heterocycles. The number of fused-ring (bicyclic) bond motifs is 1. The number of anilines is 1. The third kappa shape index (κ3) is 2.25. The van der Waals surface area contributed by atoms with Crippen molar-refractivity contribution >= 4 is 17.4 Å². The van der Waals surface area contributed by atoms with Gasteiger partial charge >= 0.3 is 0 Å². The number of nitrogens with zero attached hydrogens (tertiary/aromatic N) is 1. The molecule has 3 heteroatoms. The number of Topliss-reactive ketones (excluding diaryl/α,β-unsaturated/α-hetero) is 1. The molecule has 0 N–H and O–H groups in total. The third-order valence-electron chi connectivity index (χ3n) is 3.86. The minimum Gasteiger partial charge on any atom is -0.300 e. The first-order valence-electron chi connectivity index (χ1n) is 7.00. The standard InChI is InChI=1S/C18H17NO2/c1-11-4-6-14(7-5-11)10-19-16-13(3)8-12(2)9-15(16)17(20)18(19)21/h4-9H,10H2,1-3H3. The molecule has 0 fully saturated rings. The maximum atomic E-state index is 12.3. The fourth-order valence-corrected chi connectivity index (χ4v) is 2.86. The Morgan fingerprint density at radius 3 is 2.24 bits per heavy atom. The first kappa shape index (κ1) is 13.6. The minimum absolute atomic E-state index is 0.399. The number of hydrogen-bond acceptors (Lipinski definition) is 2. The normalized spacial score (nSPS) is 13.8. The highest BCUT2D eigenvalue weighted by Crippen LogP contribution is 2.34. The number of ketones is 1. The van der Waals surface area contributed by atoms with Crippen molar-refractivity contribution in [1.82, 2.24) is 0 Å². The predicted molar refractivity (Wildman–Crippen MR) is 82.6 cm³/mol. The van der Waals surface area contributed by atoms with Crippen LogP contribution in [0.3, 0.4) is 0 Å². The van der Waals surface area contributed by atoms with E-state index in [1.807, 2.05) is 51.1 Å². The van der Waals surface area contributed by atoms with Gasteiger partial charge in [0.2, 0.25) is 0 Å². The van der Waals surface area contributed by atoms with E-state index < -0.39 is 11.7 Å². The molecule has 0 spiro atoms. The lowest BCUT2D eigenvalue weighted by Gasteiger charge is -2.19. The van der Waals surface area contributed by atoms with Gasteiger partial charge in [0, 0.05) is 0 Å². The number of amides is 1. The molecular formula is C18H17NO2. The highest BCUT2D eigenvalue weighted by molar-refractivity contribution is 6.52. The maximum Gasteiger partial charge on any atom is 0.299 e. The first-order chi connectivity index (χ1) is 9.97. The highest BCUT2D eigenvalue weighted by atomic mass is 16.2. The van der Waals surface area contributed by atoms with E-state index in [0.29, 0.717) is 12.1 Å². The smallest absolute Gasteiger partial charge is 0.299 e. The molecule has 3 rings (SSSR count). The van der Waals surface area contributed by atoms with Crippen LogP contribution in [0.2, 0.25) is 0 Å². The summed E-state index contributed by atoms with van der Waals surface area (Å²) in [5.74, 6) is -0.830. The van der Waals surface area contributed by atoms with Crippen LogP contribution >= 0.6 is 0 Å². The lowest BCUT2D eigenvalue weighted by molar-refractivity contribution is -0.114. The molecule has 1 amide bonds. The number of carbonyl (C=O) groups is 2. The number of carbonyl (C=O) groups excluding carboxylic acids is 2. The summed E-state index contributed by atoms with van der Waals surface area (Å²) >= 11 is 0. The number of rotatable bonds is 2. The SMILES string of the molecule is Cc1ccc(CN2C(=O)C(=O)c3cc(C)cc(C)c32)cc1. The summed E-state index contributed by atoms with van der Waals surface area (Å²) in [7, 11) is 0. The zero-order valence-corrected chi connectivity index (χ0v) is 12.4. The van der Waals surface area contributed by atoms with Crippen LogP contribution in [0.15, 0.2) is 36.4 Å². The Balaban J connectivity index is 2.03. The minimum atomic E-state index is -0.431. The van der Waals surface area contributed by atoms with E-state index in [1.54, 1.807) is 11.0 Å². The molecule has 0 saturated carbocycles. The van der Waals surface area contributed by atoms with Gasteiger partial charge in [0.25, 0.3) is 11.7 Å². The first-order valence-corrected chi connectivity index (χ1v) is 7.00. The molecule has 1 heterocycles. The summed E-state index contributed by atoms with van der Waals surface area (Å²) in [5, 5.41) is 0. The summed E-state index contributed by atoms with van der Waals surface area (Å²) in [6.07, 6.45) is 0. The van der Waals surface area contributed by atoms with E-state index in [2.05, 4.69) is 0 Å². The van der Waals surface area contributed by atoms with Gasteiger partial charge in [-0.25, -0.2) is 0 Å². The molecule has 106 valence electrons. The van der Waals surface area contributed by atoms with Crippen molar-refractivity contribution in [1.29, 1.82) is 0 Å².